The first-order valence-corrected chi connectivity index (χ1v) is 8.01. The second-order valence-corrected chi connectivity index (χ2v) is 6.41. The second kappa shape index (κ2) is 7.47. The summed E-state index contributed by atoms with van der Waals surface area (Å²) < 4.78 is 17.4. The summed E-state index contributed by atoms with van der Waals surface area (Å²) in [5, 5.41) is 0. The van der Waals surface area contributed by atoms with Crippen LogP contribution in [0, 0.1) is 17.8 Å². The van der Waals surface area contributed by atoms with Crippen LogP contribution in [0.5, 0.6) is 0 Å². The van der Waals surface area contributed by atoms with Crippen LogP contribution in [-0.2, 0) is 4.74 Å². The van der Waals surface area contributed by atoms with E-state index in [1.54, 1.807) is 0 Å². The molecule has 0 aromatic carbocycles. The van der Waals surface area contributed by atoms with Gasteiger partial charge >= 0.3 is 0 Å². The van der Waals surface area contributed by atoms with Gasteiger partial charge < -0.3 is 4.74 Å². The van der Waals surface area contributed by atoms with Crippen LogP contribution in [0.3, 0.4) is 0 Å². The minimum Gasteiger partial charge on any atom is -0.347 e. The van der Waals surface area contributed by atoms with Crippen molar-refractivity contribution in [3.05, 3.63) is 0 Å². The SMILES string of the molecule is CCCCCC1CCC2CC(OCF)CCC2C1. The van der Waals surface area contributed by atoms with E-state index < -0.39 is 6.86 Å². The normalized spacial score (nSPS) is 36.3. The first-order chi connectivity index (χ1) is 8.83. The first-order valence-electron chi connectivity index (χ1n) is 8.01. The number of unbranched alkanes of at least 4 members (excludes halogenated alkanes) is 2. The average Bonchev–Trinajstić information content (AvgIpc) is 2.39. The van der Waals surface area contributed by atoms with Crippen molar-refractivity contribution in [3.63, 3.8) is 0 Å². The Morgan fingerprint density at radius 1 is 1.00 bits per heavy atom. The van der Waals surface area contributed by atoms with Crippen molar-refractivity contribution < 1.29 is 9.13 Å². The van der Waals surface area contributed by atoms with Crippen LogP contribution in [0.1, 0.15) is 71.1 Å². The highest BCUT2D eigenvalue weighted by Crippen LogP contribution is 2.44. The Kier molecular flexibility index (Phi) is 5.94. The monoisotopic (exact) mass is 256 g/mol. The van der Waals surface area contributed by atoms with Crippen molar-refractivity contribution in [1.29, 1.82) is 0 Å². The molecule has 4 unspecified atom stereocenters. The molecule has 0 amide bonds. The number of fused-ring (bicyclic) bond motifs is 1. The minimum absolute atomic E-state index is 0.216. The van der Waals surface area contributed by atoms with Crippen LogP contribution in [-0.4, -0.2) is 13.0 Å². The molecule has 106 valence electrons. The van der Waals surface area contributed by atoms with Gasteiger partial charge in [-0.2, -0.15) is 0 Å². The average molecular weight is 256 g/mol. The van der Waals surface area contributed by atoms with Crippen molar-refractivity contribution in [1.82, 2.24) is 0 Å². The maximum atomic E-state index is 12.2. The Hall–Kier alpha value is -0.110. The van der Waals surface area contributed by atoms with E-state index in [1.165, 1.54) is 51.4 Å². The summed E-state index contributed by atoms with van der Waals surface area (Å²) in [5.41, 5.74) is 0. The van der Waals surface area contributed by atoms with Crippen molar-refractivity contribution in [2.45, 2.75) is 77.2 Å². The Labute approximate surface area is 111 Å². The maximum Gasteiger partial charge on any atom is 0.188 e. The van der Waals surface area contributed by atoms with E-state index in [0.717, 1.165) is 30.6 Å². The van der Waals surface area contributed by atoms with E-state index in [2.05, 4.69) is 6.92 Å². The van der Waals surface area contributed by atoms with Crippen LogP contribution in [0.4, 0.5) is 4.39 Å². The van der Waals surface area contributed by atoms with E-state index in [4.69, 9.17) is 4.74 Å². The largest absolute Gasteiger partial charge is 0.347 e. The Balaban J connectivity index is 1.71. The van der Waals surface area contributed by atoms with Gasteiger partial charge in [-0.3, -0.25) is 0 Å². The zero-order chi connectivity index (χ0) is 12.8. The lowest BCUT2D eigenvalue weighted by molar-refractivity contribution is -0.0533. The van der Waals surface area contributed by atoms with Gasteiger partial charge in [0.1, 0.15) is 0 Å². The molecule has 1 nitrogen and oxygen atoms in total. The molecule has 0 aliphatic heterocycles. The van der Waals surface area contributed by atoms with Crippen molar-refractivity contribution in [2.24, 2.45) is 17.8 Å². The molecule has 0 aromatic rings. The van der Waals surface area contributed by atoms with Crippen LogP contribution < -0.4 is 0 Å². The van der Waals surface area contributed by atoms with Gasteiger partial charge in [-0.05, 0) is 49.9 Å². The van der Waals surface area contributed by atoms with E-state index in [-0.39, 0.29) is 6.10 Å². The van der Waals surface area contributed by atoms with E-state index in [0.29, 0.717) is 0 Å². The molecule has 0 radical (unpaired) electrons. The summed E-state index contributed by atoms with van der Waals surface area (Å²) in [4.78, 5) is 0. The van der Waals surface area contributed by atoms with E-state index in [9.17, 15) is 4.39 Å². The molecule has 0 spiro atoms. The molecule has 2 fully saturated rings. The fraction of sp³-hybridized carbons (Fsp3) is 1.00. The summed E-state index contributed by atoms with van der Waals surface area (Å²) in [6, 6.07) is 0. The number of ether oxygens (including phenoxy) is 1. The van der Waals surface area contributed by atoms with Crippen LogP contribution in [0.2, 0.25) is 0 Å². The third-order valence-electron chi connectivity index (χ3n) is 5.19. The number of alkyl halides is 1. The zero-order valence-electron chi connectivity index (χ0n) is 11.9. The molecule has 2 heteroatoms. The Bertz CT molecular complexity index is 231. The van der Waals surface area contributed by atoms with Crippen LogP contribution in [0.15, 0.2) is 0 Å². The highest BCUT2D eigenvalue weighted by Gasteiger charge is 2.35. The van der Waals surface area contributed by atoms with Gasteiger partial charge in [0.25, 0.3) is 0 Å². The first kappa shape index (κ1) is 14.3. The fourth-order valence-corrected chi connectivity index (χ4v) is 4.13. The molecular formula is C16H29FO. The Morgan fingerprint density at radius 3 is 2.56 bits per heavy atom. The quantitative estimate of drug-likeness (QED) is 0.601. The van der Waals surface area contributed by atoms with Crippen molar-refractivity contribution >= 4 is 0 Å². The standard InChI is InChI=1S/C16H29FO/c1-2-3-4-5-13-6-7-15-11-16(18-12-17)9-8-14(15)10-13/h13-16H,2-12H2,1H3. The predicted octanol–water partition coefficient (Wildman–Crippen LogP) is 5.10. The lowest BCUT2D eigenvalue weighted by Gasteiger charge is -2.42. The molecule has 0 saturated heterocycles. The van der Waals surface area contributed by atoms with Crippen LogP contribution >= 0.6 is 0 Å². The molecule has 0 bridgehead atoms. The number of halogens is 1. The van der Waals surface area contributed by atoms with Gasteiger partial charge in [0.15, 0.2) is 6.86 Å². The zero-order valence-corrected chi connectivity index (χ0v) is 11.9. The highest BCUT2D eigenvalue weighted by molar-refractivity contribution is 4.86. The molecule has 2 saturated carbocycles. The van der Waals surface area contributed by atoms with Gasteiger partial charge in [-0.15, -0.1) is 0 Å². The fourth-order valence-electron chi connectivity index (χ4n) is 4.13. The van der Waals surface area contributed by atoms with E-state index in [1.807, 2.05) is 0 Å². The summed E-state index contributed by atoms with van der Waals surface area (Å²) in [5.74, 6) is 2.74. The molecule has 0 N–H and O–H groups in total. The number of hydrogen-bond donors (Lipinski definition) is 0. The minimum atomic E-state index is -0.596. The maximum absolute atomic E-state index is 12.2. The smallest absolute Gasteiger partial charge is 0.188 e. The number of hydrogen-bond acceptors (Lipinski definition) is 1. The van der Waals surface area contributed by atoms with Crippen LogP contribution in [0.25, 0.3) is 0 Å². The van der Waals surface area contributed by atoms with Gasteiger partial charge in [0.05, 0.1) is 6.10 Å². The number of rotatable bonds is 6. The lowest BCUT2D eigenvalue weighted by Crippen LogP contribution is -2.34. The van der Waals surface area contributed by atoms with Gasteiger partial charge in [0, 0.05) is 0 Å². The van der Waals surface area contributed by atoms with Crippen molar-refractivity contribution in [3.8, 4) is 0 Å². The molecule has 2 aliphatic carbocycles. The van der Waals surface area contributed by atoms with Gasteiger partial charge in [-0.1, -0.05) is 39.0 Å². The molecule has 0 aromatic heterocycles. The molecule has 2 aliphatic rings. The predicted molar refractivity (Wildman–Crippen MR) is 73.2 cm³/mol. The summed E-state index contributed by atoms with van der Waals surface area (Å²) in [6.07, 6.45) is 13.5. The Morgan fingerprint density at radius 2 is 1.78 bits per heavy atom. The van der Waals surface area contributed by atoms with Gasteiger partial charge in [-0.25, -0.2) is 4.39 Å². The van der Waals surface area contributed by atoms with Gasteiger partial charge in [0.2, 0.25) is 0 Å². The van der Waals surface area contributed by atoms with Crippen molar-refractivity contribution in [2.75, 3.05) is 6.86 Å². The topological polar surface area (TPSA) is 9.23 Å². The molecule has 0 heterocycles. The molecule has 18 heavy (non-hydrogen) atoms. The lowest BCUT2D eigenvalue weighted by atomic mass is 9.66. The summed E-state index contributed by atoms with van der Waals surface area (Å²) in [7, 11) is 0. The second-order valence-electron chi connectivity index (χ2n) is 6.41. The highest BCUT2D eigenvalue weighted by atomic mass is 19.1. The summed E-state index contributed by atoms with van der Waals surface area (Å²) in [6.45, 7) is 1.69. The van der Waals surface area contributed by atoms with E-state index >= 15 is 0 Å². The summed E-state index contributed by atoms with van der Waals surface area (Å²) >= 11 is 0. The molecule has 4 atom stereocenters. The third kappa shape index (κ3) is 3.94. The molecule has 2 rings (SSSR count). The third-order valence-corrected chi connectivity index (χ3v) is 5.19. The molecular weight excluding hydrogens is 227 g/mol.